The van der Waals surface area contributed by atoms with Crippen LogP contribution >= 0.6 is 0 Å². The van der Waals surface area contributed by atoms with E-state index in [9.17, 15) is 0 Å². The minimum Gasteiger partial charge on any atom is -0.323 e. The van der Waals surface area contributed by atoms with Crippen LogP contribution in [-0.2, 0) is 13.0 Å². The summed E-state index contributed by atoms with van der Waals surface area (Å²) in [5.41, 5.74) is 5.04. The van der Waals surface area contributed by atoms with E-state index in [-0.39, 0.29) is 0 Å². The fourth-order valence-electron chi connectivity index (χ4n) is 2.76. The summed E-state index contributed by atoms with van der Waals surface area (Å²) in [7, 11) is 0. The molecule has 1 aromatic heterocycles. The number of hydrogen-bond acceptors (Lipinski definition) is 1. The molecule has 0 saturated heterocycles. The van der Waals surface area contributed by atoms with E-state index < -0.39 is 0 Å². The second-order valence-corrected chi connectivity index (χ2v) is 5.85. The molecule has 2 nitrogen and oxygen atoms in total. The van der Waals surface area contributed by atoms with Gasteiger partial charge in [-0.25, -0.2) is 4.98 Å². The number of hydrogen-bond donors (Lipinski definition) is 0. The maximum Gasteiger partial charge on any atom is 0.109 e. The Labute approximate surface area is 126 Å². The summed E-state index contributed by atoms with van der Waals surface area (Å²) in [5.74, 6) is 1.74. The van der Waals surface area contributed by atoms with Gasteiger partial charge in [0, 0.05) is 13.0 Å². The fourth-order valence-corrected chi connectivity index (χ4v) is 2.76. The zero-order chi connectivity index (χ0) is 14.8. The molecule has 21 heavy (non-hydrogen) atoms. The number of benzene rings is 2. The van der Waals surface area contributed by atoms with Gasteiger partial charge in [-0.3, -0.25) is 0 Å². The van der Waals surface area contributed by atoms with Crippen LogP contribution < -0.4 is 0 Å². The van der Waals surface area contributed by atoms with E-state index in [1.807, 2.05) is 0 Å². The lowest BCUT2D eigenvalue weighted by molar-refractivity contribution is 0.752. The molecule has 0 saturated carbocycles. The molecule has 0 spiro atoms. The molecule has 0 aliphatic carbocycles. The third-order valence-corrected chi connectivity index (χ3v) is 4.04. The third-order valence-electron chi connectivity index (χ3n) is 4.04. The number of rotatable bonds is 4. The summed E-state index contributed by atoms with van der Waals surface area (Å²) in [6, 6.07) is 17.3. The number of para-hydroxylation sites is 2. The van der Waals surface area contributed by atoms with Crippen LogP contribution in [0.3, 0.4) is 0 Å². The summed E-state index contributed by atoms with van der Waals surface area (Å²) in [5, 5.41) is 0. The third kappa shape index (κ3) is 2.71. The van der Waals surface area contributed by atoms with Crippen molar-refractivity contribution in [3.63, 3.8) is 0 Å². The van der Waals surface area contributed by atoms with Gasteiger partial charge in [0.25, 0.3) is 0 Å². The normalized spacial score (nSPS) is 11.4. The van der Waals surface area contributed by atoms with Crippen molar-refractivity contribution < 1.29 is 0 Å². The largest absolute Gasteiger partial charge is 0.323 e. The Hall–Kier alpha value is -2.09. The van der Waals surface area contributed by atoms with Crippen molar-refractivity contribution in [2.75, 3.05) is 0 Å². The SMILES string of the molecule is CCc1nc2ccccc2n1Cc1ccc(C(C)C)cc1. The monoisotopic (exact) mass is 278 g/mol. The maximum absolute atomic E-state index is 4.74. The average molecular weight is 278 g/mol. The van der Waals surface area contributed by atoms with Gasteiger partial charge in [0.2, 0.25) is 0 Å². The molecule has 0 aliphatic heterocycles. The van der Waals surface area contributed by atoms with Gasteiger partial charge >= 0.3 is 0 Å². The lowest BCUT2D eigenvalue weighted by Crippen LogP contribution is -2.04. The van der Waals surface area contributed by atoms with Gasteiger partial charge in [-0.2, -0.15) is 0 Å². The molecule has 108 valence electrons. The maximum atomic E-state index is 4.74. The average Bonchev–Trinajstić information content (AvgIpc) is 2.86. The van der Waals surface area contributed by atoms with Crippen LogP contribution in [0.4, 0.5) is 0 Å². The molecule has 0 aliphatic rings. The molecule has 2 aromatic carbocycles. The molecule has 0 amide bonds. The molecule has 1 heterocycles. The highest BCUT2D eigenvalue weighted by Crippen LogP contribution is 2.20. The van der Waals surface area contributed by atoms with E-state index in [1.165, 1.54) is 16.6 Å². The fraction of sp³-hybridized carbons (Fsp3) is 0.316. The van der Waals surface area contributed by atoms with Crippen molar-refractivity contribution in [2.45, 2.75) is 39.7 Å². The number of nitrogens with zero attached hydrogens (tertiary/aromatic N) is 2. The van der Waals surface area contributed by atoms with Crippen molar-refractivity contribution in [1.29, 1.82) is 0 Å². The van der Waals surface area contributed by atoms with Gasteiger partial charge in [0.15, 0.2) is 0 Å². The minimum atomic E-state index is 0.583. The molecule has 3 aromatic rings. The first-order chi connectivity index (χ1) is 10.2. The summed E-state index contributed by atoms with van der Waals surface area (Å²) in [6.45, 7) is 7.52. The molecular formula is C19H22N2. The van der Waals surface area contributed by atoms with E-state index >= 15 is 0 Å². The van der Waals surface area contributed by atoms with Gasteiger partial charge in [-0.15, -0.1) is 0 Å². The van der Waals surface area contributed by atoms with Gasteiger partial charge in [-0.05, 0) is 29.2 Å². The van der Waals surface area contributed by atoms with Crippen molar-refractivity contribution in [1.82, 2.24) is 9.55 Å². The molecule has 0 N–H and O–H groups in total. The molecule has 3 rings (SSSR count). The quantitative estimate of drug-likeness (QED) is 0.672. The van der Waals surface area contributed by atoms with Crippen LogP contribution in [0.1, 0.15) is 43.6 Å². The van der Waals surface area contributed by atoms with E-state index in [0.717, 1.165) is 24.3 Å². The molecule has 0 bridgehead atoms. The number of imidazole rings is 1. The predicted molar refractivity (Wildman–Crippen MR) is 88.7 cm³/mol. The Morgan fingerprint density at radius 1 is 1.00 bits per heavy atom. The van der Waals surface area contributed by atoms with Crippen LogP contribution in [0.2, 0.25) is 0 Å². The molecular weight excluding hydrogens is 256 g/mol. The highest BCUT2D eigenvalue weighted by atomic mass is 15.1. The Bertz CT molecular complexity index is 736. The van der Waals surface area contributed by atoms with Crippen LogP contribution in [0, 0.1) is 0 Å². The van der Waals surface area contributed by atoms with E-state index in [4.69, 9.17) is 4.98 Å². The first-order valence-electron chi connectivity index (χ1n) is 7.72. The number of fused-ring (bicyclic) bond motifs is 1. The van der Waals surface area contributed by atoms with Crippen LogP contribution in [-0.4, -0.2) is 9.55 Å². The van der Waals surface area contributed by atoms with Crippen molar-refractivity contribution in [3.05, 3.63) is 65.5 Å². The lowest BCUT2D eigenvalue weighted by Gasteiger charge is -2.10. The zero-order valence-corrected chi connectivity index (χ0v) is 13.0. The summed E-state index contributed by atoms with van der Waals surface area (Å²) < 4.78 is 2.33. The summed E-state index contributed by atoms with van der Waals surface area (Å²) >= 11 is 0. The van der Waals surface area contributed by atoms with Crippen molar-refractivity contribution in [3.8, 4) is 0 Å². The second kappa shape index (κ2) is 5.72. The van der Waals surface area contributed by atoms with E-state index in [1.54, 1.807) is 0 Å². The number of aromatic nitrogens is 2. The first-order valence-corrected chi connectivity index (χ1v) is 7.72. The van der Waals surface area contributed by atoms with Crippen molar-refractivity contribution >= 4 is 11.0 Å². The van der Waals surface area contributed by atoms with Crippen molar-refractivity contribution in [2.24, 2.45) is 0 Å². The molecule has 0 radical (unpaired) electrons. The standard InChI is InChI=1S/C19H22N2/c1-4-19-20-17-7-5-6-8-18(17)21(19)13-15-9-11-16(12-10-15)14(2)3/h5-12,14H,4,13H2,1-3H3. The topological polar surface area (TPSA) is 17.8 Å². The smallest absolute Gasteiger partial charge is 0.109 e. The van der Waals surface area contributed by atoms with E-state index in [0.29, 0.717) is 5.92 Å². The summed E-state index contributed by atoms with van der Waals surface area (Å²) in [4.78, 5) is 4.74. The zero-order valence-electron chi connectivity index (χ0n) is 13.0. The highest BCUT2D eigenvalue weighted by Gasteiger charge is 2.09. The number of aryl methyl sites for hydroxylation is 1. The van der Waals surface area contributed by atoms with Crippen LogP contribution in [0.15, 0.2) is 48.5 Å². The summed E-state index contributed by atoms with van der Waals surface area (Å²) in [6.07, 6.45) is 0.957. The Morgan fingerprint density at radius 3 is 2.38 bits per heavy atom. The van der Waals surface area contributed by atoms with E-state index in [2.05, 4.69) is 73.9 Å². The second-order valence-electron chi connectivity index (χ2n) is 5.85. The van der Waals surface area contributed by atoms with Crippen LogP contribution in [0.5, 0.6) is 0 Å². The minimum absolute atomic E-state index is 0.583. The predicted octanol–water partition coefficient (Wildman–Crippen LogP) is 4.77. The van der Waals surface area contributed by atoms with Gasteiger partial charge in [0.1, 0.15) is 5.82 Å². The van der Waals surface area contributed by atoms with Crippen LogP contribution in [0.25, 0.3) is 11.0 Å². The molecule has 0 unspecified atom stereocenters. The lowest BCUT2D eigenvalue weighted by atomic mass is 10.0. The first kappa shape index (κ1) is 13.9. The molecule has 0 fully saturated rings. The van der Waals surface area contributed by atoms with Gasteiger partial charge in [-0.1, -0.05) is 57.2 Å². The Kier molecular flexibility index (Phi) is 3.78. The Balaban J connectivity index is 1.97. The Morgan fingerprint density at radius 2 is 1.71 bits per heavy atom. The van der Waals surface area contributed by atoms with Gasteiger partial charge in [0.05, 0.1) is 11.0 Å². The molecule has 2 heteroatoms. The highest BCUT2D eigenvalue weighted by molar-refractivity contribution is 5.76. The van der Waals surface area contributed by atoms with Gasteiger partial charge < -0.3 is 4.57 Å². The molecule has 0 atom stereocenters.